The van der Waals surface area contributed by atoms with Crippen LogP contribution in [0.2, 0.25) is 0 Å². The predicted molar refractivity (Wildman–Crippen MR) is 53.0 cm³/mol. The lowest BCUT2D eigenvalue weighted by molar-refractivity contribution is 0.306. The van der Waals surface area contributed by atoms with Gasteiger partial charge in [-0.15, -0.1) is 0 Å². The van der Waals surface area contributed by atoms with Gasteiger partial charge in [0, 0.05) is 0 Å². The van der Waals surface area contributed by atoms with E-state index in [1.807, 2.05) is 0 Å². The van der Waals surface area contributed by atoms with Crippen LogP contribution in [0.3, 0.4) is 0 Å². The molecule has 0 aliphatic heterocycles. The van der Waals surface area contributed by atoms with E-state index in [2.05, 4.69) is 34.4 Å². The smallest absolute Gasteiger partial charge is 0.119 e. The Labute approximate surface area is 67.0 Å². The second-order valence-electron chi connectivity index (χ2n) is 3.00. The normalized spacial score (nSPS) is 13.9. The minimum atomic E-state index is 0.861. The minimum absolute atomic E-state index is 0.861. The zero-order valence-electron chi connectivity index (χ0n) is 7.85. The van der Waals surface area contributed by atoms with Gasteiger partial charge in [-0.3, -0.25) is 0 Å². The van der Waals surface area contributed by atoms with Crippen LogP contribution in [0.4, 0.5) is 0 Å². The molecule has 0 aliphatic rings. The highest BCUT2D eigenvalue weighted by atomic mass is 15.1. The van der Waals surface area contributed by atoms with Gasteiger partial charge >= 0.3 is 0 Å². The predicted octanol–water partition coefficient (Wildman–Crippen LogP) is -0.484. The Morgan fingerprint density at radius 2 is 1.80 bits per heavy atom. The first kappa shape index (κ1) is 10.1. The maximum atomic E-state index is 2.48. The van der Waals surface area contributed by atoms with Crippen LogP contribution in [0, 0.1) is 5.92 Å². The molecule has 1 unspecified atom stereocenters. The van der Waals surface area contributed by atoms with Crippen LogP contribution in [0.15, 0.2) is 0 Å². The van der Waals surface area contributed by atoms with E-state index >= 15 is 0 Å². The number of nitrogens with zero attached hydrogens (tertiary/aromatic N) is 1. The summed E-state index contributed by atoms with van der Waals surface area (Å²) >= 11 is 0. The molecule has 0 N–H and O–H groups in total. The first-order valence-electron chi connectivity index (χ1n) is 4.46. The van der Waals surface area contributed by atoms with Crippen LogP contribution in [0.25, 0.3) is 0 Å². The summed E-state index contributed by atoms with van der Waals surface area (Å²) in [5.74, 6) is 0.861. The van der Waals surface area contributed by atoms with Crippen molar-refractivity contribution < 1.29 is 0 Å². The van der Waals surface area contributed by atoms with Crippen molar-refractivity contribution in [2.45, 2.75) is 20.3 Å². The van der Waals surface area contributed by atoms with Crippen molar-refractivity contribution in [3.05, 3.63) is 0 Å². The van der Waals surface area contributed by atoms with Crippen molar-refractivity contribution in [2.75, 3.05) is 19.4 Å². The molecule has 0 aliphatic carbocycles. The van der Waals surface area contributed by atoms with Crippen LogP contribution in [-0.4, -0.2) is 40.0 Å². The minimum Gasteiger partial charge on any atom is -0.319 e. The molecule has 0 radical (unpaired) electrons. The fourth-order valence-corrected chi connectivity index (χ4v) is 1.05. The van der Waals surface area contributed by atoms with Crippen LogP contribution in [-0.2, 0) is 0 Å². The summed E-state index contributed by atoms with van der Waals surface area (Å²) in [6.45, 7) is 5.84. The Bertz CT molecular complexity index is 74.0. The monoisotopic (exact) mass is 139 g/mol. The summed E-state index contributed by atoms with van der Waals surface area (Å²) in [7, 11) is 4.46. The van der Waals surface area contributed by atoms with Crippen molar-refractivity contribution in [1.29, 1.82) is 0 Å². The molecule has 0 saturated carbocycles. The zero-order valence-corrected chi connectivity index (χ0v) is 7.85. The van der Waals surface area contributed by atoms with Crippen molar-refractivity contribution in [2.24, 2.45) is 5.92 Å². The number of hydrogen-bond acceptors (Lipinski definition) is 1. The van der Waals surface area contributed by atoms with Gasteiger partial charge in [0.25, 0.3) is 0 Å². The SMILES string of the molecule is BCN(CB)CC(C)CC. The lowest BCUT2D eigenvalue weighted by Crippen LogP contribution is -2.30. The summed E-state index contributed by atoms with van der Waals surface area (Å²) in [6.07, 6.45) is 3.69. The van der Waals surface area contributed by atoms with E-state index in [0.717, 1.165) is 5.92 Å². The van der Waals surface area contributed by atoms with Gasteiger partial charge in [-0.2, -0.15) is 0 Å². The lowest BCUT2D eigenvalue weighted by atomic mass is 10.0. The summed E-state index contributed by atoms with van der Waals surface area (Å²) in [4.78, 5) is 2.48. The third-order valence-electron chi connectivity index (χ3n) is 2.16. The molecule has 0 spiro atoms. The van der Waals surface area contributed by atoms with Gasteiger partial charge in [-0.05, 0) is 25.4 Å². The van der Waals surface area contributed by atoms with E-state index in [9.17, 15) is 0 Å². The number of rotatable bonds is 5. The summed E-state index contributed by atoms with van der Waals surface area (Å²) in [5.41, 5.74) is 0. The molecular weight excluding hydrogens is 120 g/mol. The van der Waals surface area contributed by atoms with E-state index in [-0.39, 0.29) is 0 Å². The highest BCUT2D eigenvalue weighted by molar-refractivity contribution is 6.11. The first-order chi connectivity index (χ1) is 4.74. The Kier molecular flexibility index (Phi) is 5.90. The van der Waals surface area contributed by atoms with E-state index in [0.29, 0.717) is 0 Å². The van der Waals surface area contributed by atoms with Crippen molar-refractivity contribution in [1.82, 2.24) is 4.90 Å². The third-order valence-corrected chi connectivity index (χ3v) is 2.16. The quantitative estimate of drug-likeness (QED) is 0.464. The maximum absolute atomic E-state index is 2.48. The molecule has 0 saturated heterocycles. The zero-order chi connectivity index (χ0) is 7.98. The summed E-state index contributed by atoms with van der Waals surface area (Å²) in [6, 6.07) is 0. The van der Waals surface area contributed by atoms with E-state index in [1.54, 1.807) is 0 Å². The van der Waals surface area contributed by atoms with Crippen LogP contribution < -0.4 is 0 Å². The lowest BCUT2D eigenvalue weighted by Gasteiger charge is -2.21. The first-order valence-corrected chi connectivity index (χ1v) is 4.46. The Balaban J connectivity index is 3.41. The molecule has 0 heterocycles. The van der Waals surface area contributed by atoms with Crippen molar-refractivity contribution >= 4 is 15.7 Å². The van der Waals surface area contributed by atoms with Crippen LogP contribution in [0.1, 0.15) is 20.3 Å². The second-order valence-corrected chi connectivity index (χ2v) is 3.00. The number of hydrogen-bond donors (Lipinski definition) is 0. The molecule has 0 amide bonds. The van der Waals surface area contributed by atoms with Gasteiger partial charge < -0.3 is 4.90 Å². The molecule has 1 atom stereocenters. The molecule has 3 heteroatoms. The molecule has 10 heavy (non-hydrogen) atoms. The standard InChI is InChI=1S/C7H19B2N/c1-3-7(2)4-10(5-8)6-9/h7H,3-6,8-9H2,1-2H3. The van der Waals surface area contributed by atoms with Crippen molar-refractivity contribution in [3.63, 3.8) is 0 Å². The van der Waals surface area contributed by atoms with E-state index in [1.165, 1.54) is 25.9 Å². The third kappa shape index (κ3) is 3.99. The second kappa shape index (κ2) is 5.84. The fraction of sp³-hybridized carbons (Fsp3) is 1.00. The highest BCUT2D eigenvalue weighted by Crippen LogP contribution is 2.01. The van der Waals surface area contributed by atoms with Gasteiger partial charge in [0.15, 0.2) is 0 Å². The Hall–Kier alpha value is 0.0899. The Morgan fingerprint density at radius 1 is 1.30 bits per heavy atom. The summed E-state index contributed by atoms with van der Waals surface area (Å²) in [5, 5.41) is 0. The highest BCUT2D eigenvalue weighted by Gasteiger charge is 2.03. The molecule has 0 bridgehead atoms. The maximum Gasteiger partial charge on any atom is 0.119 e. The van der Waals surface area contributed by atoms with Gasteiger partial charge in [0.1, 0.15) is 15.7 Å². The average Bonchev–Trinajstić information content (AvgIpc) is 1.99. The molecule has 0 fully saturated rings. The topological polar surface area (TPSA) is 3.24 Å². The van der Waals surface area contributed by atoms with Crippen molar-refractivity contribution in [3.8, 4) is 0 Å². The molecule has 58 valence electrons. The molecule has 0 rings (SSSR count). The largest absolute Gasteiger partial charge is 0.319 e. The van der Waals surface area contributed by atoms with Crippen LogP contribution >= 0.6 is 0 Å². The van der Waals surface area contributed by atoms with Gasteiger partial charge in [-0.1, -0.05) is 20.3 Å². The van der Waals surface area contributed by atoms with E-state index in [4.69, 9.17) is 0 Å². The van der Waals surface area contributed by atoms with E-state index < -0.39 is 0 Å². The molecule has 0 aromatic carbocycles. The molecule has 0 aromatic heterocycles. The van der Waals surface area contributed by atoms with Gasteiger partial charge in [0.05, 0.1) is 0 Å². The van der Waals surface area contributed by atoms with Crippen LogP contribution in [0.5, 0.6) is 0 Å². The van der Waals surface area contributed by atoms with Gasteiger partial charge in [-0.25, -0.2) is 0 Å². The average molecular weight is 139 g/mol. The summed E-state index contributed by atoms with van der Waals surface area (Å²) < 4.78 is 0. The molecule has 0 aromatic rings. The Morgan fingerprint density at radius 3 is 2.10 bits per heavy atom. The fourth-order valence-electron chi connectivity index (χ4n) is 1.05. The molecular formula is C7H19B2N. The molecule has 1 nitrogen and oxygen atoms in total. The van der Waals surface area contributed by atoms with Gasteiger partial charge in [0.2, 0.25) is 0 Å².